The zero-order valence-electron chi connectivity index (χ0n) is 11.4. The first-order chi connectivity index (χ1) is 8.63. The van der Waals surface area contributed by atoms with E-state index in [1.165, 1.54) is 36.8 Å². The van der Waals surface area contributed by atoms with Crippen LogP contribution in [0, 0.1) is 0 Å². The molecule has 2 nitrogen and oxygen atoms in total. The predicted octanol–water partition coefficient (Wildman–Crippen LogP) is 2.74. The fraction of sp³-hybridized carbons (Fsp3) is 0.625. The summed E-state index contributed by atoms with van der Waals surface area (Å²) in [6, 6.07) is 9.35. The van der Waals surface area contributed by atoms with E-state index < -0.39 is 0 Å². The zero-order valence-corrected chi connectivity index (χ0v) is 11.4. The van der Waals surface area contributed by atoms with Crippen LogP contribution in [0.4, 0.5) is 0 Å². The molecule has 2 fully saturated rings. The Balaban J connectivity index is 1.91. The molecular formula is C16H23NO. The maximum atomic E-state index is 6.17. The Morgan fingerprint density at radius 1 is 1.22 bits per heavy atom. The molecule has 18 heavy (non-hydrogen) atoms. The summed E-state index contributed by atoms with van der Waals surface area (Å²) in [6.45, 7) is 2.99. The fourth-order valence-electron chi connectivity index (χ4n) is 3.24. The van der Waals surface area contributed by atoms with Crippen molar-refractivity contribution < 1.29 is 4.74 Å². The van der Waals surface area contributed by atoms with Crippen LogP contribution in [-0.2, 0) is 15.6 Å². The predicted molar refractivity (Wildman–Crippen MR) is 73.8 cm³/mol. The van der Waals surface area contributed by atoms with E-state index in [1.807, 2.05) is 0 Å². The van der Waals surface area contributed by atoms with E-state index in [1.54, 1.807) is 7.11 Å². The summed E-state index contributed by atoms with van der Waals surface area (Å²) in [5, 5.41) is 0. The number of methoxy groups -OCH3 is 1. The van der Waals surface area contributed by atoms with E-state index >= 15 is 0 Å². The van der Waals surface area contributed by atoms with E-state index in [9.17, 15) is 0 Å². The van der Waals surface area contributed by atoms with Gasteiger partial charge in [-0.1, -0.05) is 24.3 Å². The number of rotatable bonds is 5. The minimum absolute atomic E-state index is 0.255. The molecule has 0 aliphatic heterocycles. The van der Waals surface area contributed by atoms with Crippen molar-refractivity contribution in [3.8, 4) is 0 Å². The SMILES string of the molecule is COCC1(c2cccc(C3(C(C)N)CC3)c2)CC1. The van der Waals surface area contributed by atoms with Crippen molar-refractivity contribution in [2.24, 2.45) is 5.73 Å². The van der Waals surface area contributed by atoms with Gasteiger partial charge in [0.15, 0.2) is 0 Å². The van der Waals surface area contributed by atoms with Gasteiger partial charge in [0.2, 0.25) is 0 Å². The average molecular weight is 245 g/mol. The summed E-state index contributed by atoms with van der Waals surface area (Å²) in [4.78, 5) is 0. The summed E-state index contributed by atoms with van der Waals surface area (Å²) in [5.74, 6) is 0. The number of benzene rings is 1. The molecule has 1 atom stereocenters. The normalized spacial score (nSPS) is 24.6. The van der Waals surface area contributed by atoms with E-state index in [-0.39, 0.29) is 11.5 Å². The van der Waals surface area contributed by atoms with Crippen molar-refractivity contribution in [2.75, 3.05) is 13.7 Å². The van der Waals surface area contributed by atoms with E-state index in [2.05, 4.69) is 31.2 Å². The minimum Gasteiger partial charge on any atom is -0.384 e. The molecule has 3 rings (SSSR count). The number of ether oxygens (including phenoxy) is 1. The Bertz CT molecular complexity index is 444. The summed E-state index contributed by atoms with van der Waals surface area (Å²) >= 11 is 0. The molecule has 0 amide bonds. The van der Waals surface area contributed by atoms with Gasteiger partial charge in [-0.2, -0.15) is 0 Å². The molecule has 0 radical (unpaired) electrons. The van der Waals surface area contributed by atoms with Gasteiger partial charge in [0, 0.05) is 24.0 Å². The van der Waals surface area contributed by atoms with Gasteiger partial charge in [0.1, 0.15) is 0 Å². The van der Waals surface area contributed by atoms with Crippen molar-refractivity contribution in [3.63, 3.8) is 0 Å². The van der Waals surface area contributed by atoms with Crippen LogP contribution in [0.15, 0.2) is 24.3 Å². The zero-order chi connectivity index (χ0) is 12.8. The summed E-state index contributed by atoms with van der Waals surface area (Å²) < 4.78 is 5.39. The third-order valence-corrected chi connectivity index (χ3v) is 4.98. The lowest BCUT2D eigenvalue weighted by molar-refractivity contribution is 0.171. The highest BCUT2D eigenvalue weighted by molar-refractivity contribution is 5.41. The lowest BCUT2D eigenvalue weighted by Gasteiger charge is -2.23. The number of hydrogen-bond acceptors (Lipinski definition) is 2. The van der Waals surface area contributed by atoms with E-state index in [4.69, 9.17) is 10.5 Å². The van der Waals surface area contributed by atoms with Crippen LogP contribution in [0.3, 0.4) is 0 Å². The molecule has 1 aromatic carbocycles. The topological polar surface area (TPSA) is 35.2 Å². The van der Waals surface area contributed by atoms with Gasteiger partial charge in [0.25, 0.3) is 0 Å². The molecule has 98 valence electrons. The molecule has 0 spiro atoms. The molecule has 2 aliphatic carbocycles. The van der Waals surface area contributed by atoms with E-state index in [0.717, 1.165) is 6.61 Å². The molecule has 2 saturated carbocycles. The average Bonchev–Trinajstić information content (AvgIpc) is 3.25. The second-order valence-electron chi connectivity index (χ2n) is 6.24. The first-order valence-electron chi connectivity index (χ1n) is 6.99. The quantitative estimate of drug-likeness (QED) is 0.865. The first-order valence-corrected chi connectivity index (χ1v) is 6.99. The molecule has 1 aromatic rings. The summed E-state index contributed by atoms with van der Waals surface area (Å²) in [6.07, 6.45) is 5.00. The highest BCUT2D eigenvalue weighted by atomic mass is 16.5. The lowest BCUT2D eigenvalue weighted by Crippen LogP contribution is -2.31. The Kier molecular flexibility index (Phi) is 2.76. The van der Waals surface area contributed by atoms with Crippen molar-refractivity contribution in [2.45, 2.75) is 49.5 Å². The third-order valence-electron chi connectivity index (χ3n) is 4.98. The number of hydrogen-bond donors (Lipinski definition) is 1. The maximum Gasteiger partial charge on any atom is 0.0559 e. The van der Waals surface area contributed by atoms with Gasteiger partial charge >= 0.3 is 0 Å². The Morgan fingerprint density at radius 3 is 2.39 bits per heavy atom. The highest BCUT2D eigenvalue weighted by Crippen LogP contribution is 2.53. The Morgan fingerprint density at radius 2 is 1.89 bits per heavy atom. The second kappa shape index (κ2) is 4.07. The summed E-state index contributed by atoms with van der Waals surface area (Å²) in [7, 11) is 1.80. The van der Waals surface area contributed by atoms with Gasteiger partial charge in [-0.3, -0.25) is 0 Å². The lowest BCUT2D eigenvalue weighted by atomic mass is 9.86. The molecular weight excluding hydrogens is 222 g/mol. The minimum atomic E-state index is 0.255. The van der Waals surface area contributed by atoms with Crippen molar-refractivity contribution in [1.29, 1.82) is 0 Å². The Hall–Kier alpha value is -0.860. The second-order valence-corrected chi connectivity index (χ2v) is 6.24. The van der Waals surface area contributed by atoms with Crippen molar-refractivity contribution in [3.05, 3.63) is 35.4 Å². The van der Waals surface area contributed by atoms with Crippen LogP contribution < -0.4 is 5.73 Å². The molecule has 2 N–H and O–H groups in total. The van der Waals surface area contributed by atoms with Gasteiger partial charge in [-0.15, -0.1) is 0 Å². The Labute approximate surface area is 110 Å². The highest BCUT2D eigenvalue weighted by Gasteiger charge is 2.49. The maximum absolute atomic E-state index is 6.17. The standard InChI is InChI=1S/C16H23NO/c1-12(17)16(8-9-16)14-5-3-4-13(10-14)15(6-7-15)11-18-2/h3-5,10,12H,6-9,11,17H2,1-2H3. The van der Waals surface area contributed by atoms with Gasteiger partial charge in [-0.25, -0.2) is 0 Å². The first kappa shape index (κ1) is 12.2. The van der Waals surface area contributed by atoms with Crippen molar-refractivity contribution >= 4 is 0 Å². The summed E-state index contributed by atoms with van der Waals surface area (Å²) in [5.41, 5.74) is 9.64. The molecule has 2 aliphatic rings. The molecule has 0 bridgehead atoms. The van der Waals surface area contributed by atoms with Crippen LogP contribution in [0.25, 0.3) is 0 Å². The van der Waals surface area contributed by atoms with Crippen LogP contribution in [-0.4, -0.2) is 19.8 Å². The molecule has 1 unspecified atom stereocenters. The van der Waals surface area contributed by atoms with Gasteiger partial charge in [-0.05, 0) is 43.7 Å². The molecule has 0 saturated heterocycles. The van der Waals surface area contributed by atoms with Gasteiger partial charge in [0.05, 0.1) is 6.61 Å². The van der Waals surface area contributed by atoms with Crippen LogP contribution in [0.2, 0.25) is 0 Å². The van der Waals surface area contributed by atoms with Gasteiger partial charge < -0.3 is 10.5 Å². The molecule has 2 heteroatoms. The largest absolute Gasteiger partial charge is 0.384 e. The molecule has 0 aromatic heterocycles. The van der Waals surface area contributed by atoms with Crippen LogP contribution in [0.5, 0.6) is 0 Å². The fourth-order valence-corrected chi connectivity index (χ4v) is 3.24. The molecule has 0 heterocycles. The van der Waals surface area contributed by atoms with Crippen LogP contribution in [0.1, 0.15) is 43.7 Å². The number of nitrogens with two attached hydrogens (primary N) is 1. The van der Waals surface area contributed by atoms with Crippen LogP contribution >= 0.6 is 0 Å². The van der Waals surface area contributed by atoms with E-state index in [0.29, 0.717) is 5.41 Å². The third kappa shape index (κ3) is 1.79. The smallest absolute Gasteiger partial charge is 0.0559 e. The monoisotopic (exact) mass is 245 g/mol. The van der Waals surface area contributed by atoms with Crippen molar-refractivity contribution in [1.82, 2.24) is 0 Å².